The number of benzene rings is 2. The normalized spacial score (nSPS) is 10.2. The van der Waals surface area contributed by atoms with E-state index in [4.69, 9.17) is 27.9 Å². The molecule has 1 N–H and O–H groups in total. The van der Waals surface area contributed by atoms with Gasteiger partial charge in [0.25, 0.3) is 11.6 Å². The summed E-state index contributed by atoms with van der Waals surface area (Å²) >= 11 is 11.8. The standard InChI is InChI=1S/C16H12Cl2N2O5/c1-9-10(4-2-7-13(9)20(23)24)16(22)25-8-14(21)19-12-6-3-5-11(17)15(12)18/h2-7H,8H2,1H3,(H,19,21). The summed E-state index contributed by atoms with van der Waals surface area (Å²) in [4.78, 5) is 34.2. The smallest absolute Gasteiger partial charge is 0.339 e. The van der Waals surface area contributed by atoms with Crippen LogP contribution in [0.3, 0.4) is 0 Å². The van der Waals surface area contributed by atoms with Crippen molar-refractivity contribution >= 4 is 46.5 Å². The van der Waals surface area contributed by atoms with Crippen molar-refractivity contribution in [1.29, 1.82) is 0 Å². The van der Waals surface area contributed by atoms with Crippen LogP contribution in [0.2, 0.25) is 10.0 Å². The zero-order valence-electron chi connectivity index (χ0n) is 12.9. The summed E-state index contributed by atoms with van der Waals surface area (Å²) in [5, 5.41) is 13.8. The van der Waals surface area contributed by atoms with Gasteiger partial charge >= 0.3 is 5.97 Å². The fourth-order valence-electron chi connectivity index (χ4n) is 2.04. The number of nitrogens with zero attached hydrogens (tertiary/aromatic N) is 1. The number of esters is 1. The minimum atomic E-state index is -0.839. The van der Waals surface area contributed by atoms with Crippen molar-refractivity contribution in [2.75, 3.05) is 11.9 Å². The summed E-state index contributed by atoms with van der Waals surface area (Å²) in [6.07, 6.45) is 0. The first-order valence-electron chi connectivity index (χ1n) is 6.96. The van der Waals surface area contributed by atoms with Crippen molar-refractivity contribution in [3.63, 3.8) is 0 Å². The van der Waals surface area contributed by atoms with Gasteiger partial charge in [-0.25, -0.2) is 4.79 Å². The number of amides is 1. The van der Waals surface area contributed by atoms with E-state index in [0.29, 0.717) is 0 Å². The van der Waals surface area contributed by atoms with Gasteiger partial charge in [0.2, 0.25) is 0 Å². The summed E-state index contributed by atoms with van der Waals surface area (Å²) in [5.41, 5.74) is 0.255. The Balaban J connectivity index is 2.03. The fraction of sp³-hybridized carbons (Fsp3) is 0.125. The lowest BCUT2D eigenvalue weighted by atomic mass is 10.1. The average Bonchev–Trinajstić information content (AvgIpc) is 2.57. The Morgan fingerprint density at radius 3 is 2.56 bits per heavy atom. The molecule has 0 aliphatic rings. The van der Waals surface area contributed by atoms with Crippen LogP contribution < -0.4 is 5.32 Å². The number of nitro benzene ring substituents is 1. The number of halogens is 2. The number of rotatable bonds is 5. The Morgan fingerprint density at radius 1 is 1.20 bits per heavy atom. The van der Waals surface area contributed by atoms with Gasteiger partial charge in [-0.2, -0.15) is 0 Å². The lowest BCUT2D eigenvalue weighted by Gasteiger charge is -2.09. The molecule has 2 rings (SSSR count). The number of carbonyl (C=O) groups excluding carboxylic acids is 2. The highest BCUT2D eigenvalue weighted by Gasteiger charge is 2.20. The molecule has 0 aliphatic heterocycles. The van der Waals surface area contributed by atoms with Crippen molar-refractivity contribution in [2.45, 2.75) is 6.92 Å². The largest absolute Gasteiger partial charge is 0.452 e. The Kier molecular flexibility index (Phi) is 5.95. The molecule has 0 aliphatic carbocycles. The number of nitro groups is 1. The molecule has 0 radical (unpaired) electrons. The zero-order chi connectivity index (χ0) is 18.6. The Hall–Kier alpha value is -2.64. The predicted octanol–water partition coefficient (Wildman–Crippen LogP) is 4.01. The molecular formula is C16H12Cl2N2O5. The molecule has 0 spiro atoms. The molecule has 1 amide bonds. The van der Waals surface area contributed by atoms with Gasteiger partial charge in [-0.3, -0.25) is 14.9 Å². The van der Waals surface area contributed by atoms with Crippen molar-refractivity contribution in [1.82, 2.24) is 0 Å². The van der Waals surface area contributed by atoms with Crippen LogP contribution in [0.4, 0.5) is 11.4 Å². The van der Waals surface area contributed by atoms with Gasteiger partial charge in [0.15, 0.2) is 6.61 Å². The van der Waals surface area contributed by atoms with E-state index in [2.05, 4.69) is 5.32 Å². The van der Waals surface area contributed by atoms with Crippen LogP contribution >= 0.6 is 23.2 Å². The number of carbonyl (C=O) groups is 2. The summed E-state index contributed by atoms with van der Waals surface area (Å²) in [7, 11) is 0. The molecule has 2 aromatic rings. The maximum absolute atomic E-state index is 12.0. The summed E-state index contributed by atoms with van der Waals surface area (Å²) in [6.45, 7) is 0.852. The van der Waals surface area contributed by atoms with Crippen molar-refractivity contribution < 1.29 is 19.2 Å². The maximum atomic E-state index is 12.0. The molecule has 0 bridgehead atoms. The Bertz CT molecular complexity index is 854. The molecule has 0 aromatic heterocycles. The van der Waals surface area contributed by atoms with Crippen LogP contribution in [-0.2, 0) is 9.53 Å². The van der Waals surface area contributed by atoms with Crippen LogP contribution in [-0.4, -0.2) is 23.4 Å². The second-order valence-electron chi connectivity index (χ2n) is 4.93. The minimum absolute atomic E-state index is 0.0165. The van der Waals surface area contributed by atoms with Crippen LogP contribution in [0.25, 0.3) is 0 Å². The van der Waals surface area contributed by atoms with Gasteiger partial charge in [-0.1, -0.05) is 35.3 Å². The van der Waals surface area contributed by atoms with E-state index in [1.54, 1.807) is 18.2 Å². The van der Waals surface area contributed by atoms with Crippen molar-refractivity contribution in [3.8, 4) is 0 Å². The van der Waals surface area contributed by atoms with Gasteiger partial charge in [0, 0.05) is 11.6 Å². The van der Waals surface area contributed by atoms with E-state index in [9.17, 15) is 19.7 Å². The Labute approximate surface area is 152 Å². The van der Waals surface area contributed by atoms with Crippen LogP contribution in [0, 0.1) is 17.0 Å². The topological polar surface area (TPSA) is 98.5 Å². The molecule has 130 valence electrons. The molecule has 0 unspecified atom stereocenters. The molecule has 9 heteroatoms. The average molecular weight is 383 g/mol. The molecule has 7 nitrogen and oxygen atoms in total. The lowest BCUT2D eigenvalue weighted by Crippen LogP contribution is -2.21. The van der Waals surface area contributed by atoms with Crippen LogP contribution in [0.15, 0.2) is 36.4 Å². The van der Waals surface area contributed by atoms with E-state index in [1.807, 2.05) is 0 Å². The van der Waals surface area contributed by atoms with E-state index < -0.39 is 23.4 Å². The molecule has 25 heavy (non-hydrogen) atoms. The quantitative estimate of drug-likeness (QED) is 0.478. The first kappa shape index (κ1) is 18.7. The number of ether oxygens (including phenoxy) is 1. The number of nitrogens with one attached hydrogen (secondary N) is 1. The minimum Gasteiger partial charge on any atom is -0.452 e. The molecule has 0 saturated heterocycles. The van der Waals surface area contributed by atoms with Gasteiger partial charge in [0.05, 0.1) is 26.2 Å². The third-order valence-electron chi connectivity index (χ3n) is 3.28. The van der Waals surface area contributed by atoms with Crippen molar-refractivity contribution in [2.24, 2.45) is 0 Å². The predicted molar refractivity (Wildman–Crippen MR) is 93.2 cm³/mol. The summed E-state index contributed by atoms with van der Waals surface area (Å²) in [6, 6.07) is 8.73. The van der Waals surface area contributed by atoms with Crippen molar-refractivity contribution in [3.05, 3.63) is 67.7 Å². The monoisotopic (exact) mass is 382 g/mol. The first-order valence-corrected chi connectivity index (χ1v) is 7.72. The highest BCUT2D eigenvalue weighted by molar-refractivity contribution is 6.44. The second-order valence-corrected chi connectivity index (χ2v) is 5.72. The van der Waals surface area contributed by atoms with E-state index in [0.717, 1.165) is 0 Å². The molecular weight excluding hydrogens is 371 g/mol. The van der Waals surface area contributed by atoms with Gasteiger partial charge < -0.3 is 10.1 Å². The van der Waals surface area contributed by atoms with E-state index in [1.165, 1.54) is 25.1 Å². The lowest BCUT2D eigenvalue weighted by molar-refractivity contribution is -0.385. The molecule has 2 aromatic carbocycles. The molecule has 0 saturated carbocycles. The molecule has 0 atom stereocenters. The highest BCUT2D eigenvalue weighted by atomic mass is 35.5. The van der Waals surface area contributed by atoms with Gasteiger partial charge in [-0.15, -0.1) is 0 Å². The SMILES string of the molecule is Cc1c(C(=O)OCC(=O)Nc2cccc(Cl)c2Cl)cccc1[N+](=O)[O-]. The molecule has 0 fully saturated rings. The second kappa shape index (κ2) is 7.96. The third kappa shape index (κ3) is 4.46. The summed E-state index contributed by atoms with van der Waals surface area (Å²) in [5.74, 6) is -1.46. The van der Waals surface area contributed by atoms with E-state index >= 15 is 0 Å². The number of hydrogen-bond donors (Lipinski definition) is 1. The van der Waals surface area contributed by atoms with Gasteiger partial charge in [-0.05, 0) is 25.1 Å². The summed E-state index contributed by atoms with van der Waals surface area (Å²) < 4.78 is 4.90. The number of hydrogen-bond acceptors (Lipinski definition) is 5. The third-order valence-corrected chi connectivity index (χ3v) is 4.10. The Morgan fingerprint density at radius 2 is 1.88 bits per heavy atom. The maximum Gasteiger partial charge on any atom is 0.339 e. The first-order chi connectivity index (χ1) is 11.8. The zero-order valence-corrected chi connectivity index (χ0v) is 14.4. The van der Waals surface area contributed by atoms with E-state index in [-0.39, 0.29) is 32.5 Å². The molecule has 0 heterocycles. The van der Waals surface area contributed by atoms with Gasteiger partial charge in [0.1, 0.15) is 0 Å². The highest BCUT2D eigenvalue weighted by Crippen LogP contribution is 2.29. The van der Waals surface area contributed by atoms with Crippen LogP contribution in [0.5, 0.6) is 0 Å². The fourth-order valence-corrected chi connectivity index (χ4v) is 2.39. The van der Waals surface area contributed by atoms with Crippen LogP contribution in [0.1, 0.15) is 15.9 Å². The number of anilines is 1.